The number of rotatable bonds is 11. The van der Waals surface area contributed by atoms with E-state index in [9.17, 15) is 14.7 Å². The molecule has 7 nitrogen and oxygen atoms in total. The maximum absolute atomic E-state index is 13.4. The van der Waals surface area contributed by atoms with Gasteiger partial charge in [-0.2, -0.15) is 0 Å². The summed E-state index contributed by atoms with van der Waals surface area (Å²) in [7, 11) is 1.54. The summed E-state index contributed by atoms with van der Waals surface area (Å²) in [5, 5.41) is 11.5. The number of nitrogens with zero attached hydrogens (tertiary/aromatic N) is 1. The lowest BCUT2D eigenvalue weighted by Crippen LogP contribution is -2.32. The molecule has 0 aromatic heterocycles. The van der Waals surface area contributed by atoms with Crippen LogP contribution in [0.15, 0.2) is 78.4 Å². The smallest absolute Gasteiger partial charge is 0.295 e. The van der Waals surface area contributed by atoms with Crippen molar-refractivity contribution in [3.05, 3.63) is 101 Å². The van der Waals surface area contributed by atoms with Crippen LogP contribution in [0.4, 0.5) is 0 Å². The number of carbonyl (C=O) groups is 2. The number of Topliss-reactive ketones (excluding diaryl/α,β-unsaturated/α-hetero) is 1. The molecule has 1 aliphatic rings. The van der Waals surface area contributed by atoms with Crippen LogP contribution in [0.1, 0.15) is 55.0 Å². The lowest BCUT2D eigenvalue weighted by Gasteiger charge is -2.25. The molecule has 1 aliphatic heterocycles. The van der Waals surface area contributed by atoms with Crippen molar-refractivity contribution in [1.29, 1.82) is 0 Å². The van der Waals surface area contributed by atoms with Crippen molar-refractivity contribution in [3.63, 3.8) is 0 Å². The topological polar surface area (TPSA) is 85.3 Å². The van der Waals surface area contributed by atoms with E-state index in [0.29, 0.717) is 30.1 Å². The van der Waals surface area contributed by atoms with Gasteiger partial charge in [0.15, 0.2) is 0 Å². The third-order valence-electron chi connectivity index (χ3n) is 6.70. The van der Waals surface area contributed by atoms with Crippen molar-refractivity contribution in [3.8, 4) is 11.5 Å². The van der Waals surface area contributed by atoms with E-state index in [0.717, 1.165) is 16.9 Å². The highest BCUT2D eigenvalue weighted by molar-refractivity contribution is 6.46. The van der Waals surface area contributed by atoms with E-state index in [1.807, 2.05) is 81.4 Å². The van der Waals surface area contributed by atoms with E-state index in [1.54, 1.807) is 12.1 Å². The fourth-order valence-corrected chi connectivity index (χ4v) is 4.75. The van der Waals surface area contributed by atoms with Gasteiger partial charge in [-0.3, -0.25) is 9.59 Å². The number of benzene rings is 3. The van der Waals surface area contributed by atoms with Crippen LogP contribution in [-0.2, 0) is 20.9 Å². The summed E-state index contributed by atoms with van der Waals surface area (Å²) in [6, 6.07) is 21.6. The number of hydrogen-bond donors (Lipinski definition) is 1. The molecule has 7 heteroatoms. The highest BCUT2D eigenvalue weighted by Gasteiger charge is 2.46. The Kier molecular flexibility index (Phi) is 9.04. The third-order valence-corrected chi connectivity index (χ3v) is 6.70. The number of likely N-dealkylation sites (tertiary alicyclic amines) is 1. The van der Waals surface area contributed by atoms with Gasteiger partial charge in [0.1, 0.15) is 23.9 Å². The van der Waals surface area contributed by atoms with Gasteiger partial charge in [0.25, 0.3) is 11.7 Å². The highest BCUT2D eigenvalue weighted by Crippen LogP contribution is 2.41. The molecule has 3 aromatic rings. The van der Waals surface area contributed by atoms with Crippen LogP contribution >= 0.6 is 0 Å². The number of amides is 1. The summed E-state index contributed by atoms with van der Waals surface area (Å²) in [5.74, 6) is -0.189. The van der Waals surface area contributed by atoms with Gasteiger partial charge < -0.3 is 24.2 Å². The van der Waals surface area contributed by atoms with Gasteiger partial charge in [-0.15, -0.1) is 0 Å². The van der Waals surface area contributed by atoms with Crippen molar-refractivity contribution in [2.24, 2.45) is 0 Å². The standard InChI is InChI=1S/C32H35NO6/c1-5-38-27-15-14-24(19-26(27)21(2)3)30(34)28-29(33(16-17-37-4)32(36)31(28)35)23-12-9-13-25(18-23)39-20-22-10-7-6-8-11-22/h6-15,18-19,21,29,34H,5,16-17,20H2,1-4H3/b30-28+. The summed E-state index contributed by atoms with van der Waals surface area (Å²) < 4.78 is 17.0. The number of ketones is 1. The molecule has 1 atom stereocenters. The Morgan fingerprint density at radius 3 is 2.44 bits per heavy atom. The molecule has 0 aliphatic carbocycles. The Morgan fingerprint density at radius 2 is 1.74 bits per heavy atom. The summed E-state index contributed by atoms with van der Waals surface area (Å²) in [5.41, 5.74) is 3.07. The molecule has 204 valence electrons. The zero-order valence-electron chi connectivity index (χ0n) is 22.8. The van der Waals surface area contributed by atoms with Crippen LogP contribution in [0.2, 0.25) is 0 Å². The predicted molar refractivity (Wildman–Crippen MR) is 150 cm³/mol. The van der Waals surface area contributed by atoms with Gasteiger partial charge >= 0.3 is 0 Å². The van der Waals surface area contributed by atoms with Crippen LogP contribution in [0.5, 0.6) is 11.5 Å². The first-order chi connectivity index (χ1) is 18.8. The molecule has 1 fully saturated rings. The zero-order chi connectivity index (χ0) is 27.9. The van der Waals surface area contributed by atoms with Gasteiger partial charge in [-0.25, -0.2) is 0 Å². The largest absolute Gasteiger partial charge is 0.507 e. The quantitative estimate of drug-likeness (QED) is 0.190. The van der Waals surface area contributed by atoms with E-state index in [-0.39, 0.29) is 30.4 Å². The first-order valence-corrected chi connectivity index (χ1v) is 13.2. The fraction of sp³-hybridized carbons (Fsp3) is 0.312. The maximum Gasteiger partial charge on any atom is 0.295 e. The van der Waals surface area contributed by atoms with Gasteiger partial charge in [0.05, 0.1) is 24.8 Å². The molecule has 0 bridgehead atoms. The Morgan fingerprint density at radius 1 is 0.974 bits per heavy atom. The molecule has 1 unspecified atom stereocenters. The van der Waals surface area contributed by atoms with E-state index in [2.05, 4.69) is 0 Å². The van der Waals surface area contributed by atoms with Gasteiger partial charge in [-0.05, 0) is 59.9 Å². The van der Waals surface area contributed by atoms with Crippen LogP contribution in [0, 0.1) is 0 Å². The summed E-state index contributed by atoms with van der Waals surface area (Å²) in [6.45, 7) is 7.30. The summed E-state index contributed by atoms with van der Waals surface area (Å²) >= 11 is 0. The molecule has 1 amide bonds. The van der Waals surface area contributed by atoms with Crippen molar-refractivity contribution in [1.82, 2.24) is 4.90 Å². The summed E-state index contributed by atoms with van der Waals surface area (Å²) in [6.07, 6.45) is 0. The van der Waals surface area contributed by atoms with Gasteiger partial charge in [0, 0.05) is 19.2 Å². The van der Waals surface area contributed by atoms with E-state index in [4.69, 9.17) is 14.2 Å². The SMILES string of the molecule is CCOc1ccc(/C(O)=C2\C(=O)C(=O)N(CCOC)C2c2cccc(OCc3ccccc3)c2)cc1C(C)C. The average molecular weight is 530 g/mol. The van der Waals surface area contributed by atoms with Gasteiger partial charge in [-0.1, -0.05) is 56.3 Å². The molecule has 3 aromatic carbocycles. The molecule has 0 radical (unpaired) electrons. The molecule has 0 saturated carbocycles. The lowest BCUT2D eigenvalue weighted by molar-refractivity contribution is -0.140. The minimum atomic E-state index is -0.797. The van der Waals surface area contributed by atoms with Crippen LogP contribution in [-0.4, -0.2) is 48.6 Å². The van der Waals surface area contributed by atoms with Crippen LogP contribution < -0.4 is 9.47 Å². The normalized spacial score (nSPS) is 16.6. The second-order valence-corrected chi connectivity index (χ2v) is 9.67. The predicted octanol–water partition coefficient (Wildman–Crippen LogP) is 5.86. The van der Waals surface area contributed by atoms with E-state index < -0.39 is 17.7 Å². The molecule has 39 heavy (non-hydrogen) atoms. The van der Waals surface area contributed by atoms with E-state index in [1.165, 1.54) is 12.0 Å². The minimum absolute atomic E-state index is 0.0372. The number of aliphatic hydroxyl groups excluding tert-OH is 1. The lowest BCUT2D eigenvalue weighted by atomic mass is 9.93. The fourth-order valence-electron chi connectivity index (χ4n) is 4.75. The van der Waals surface area contributed by atoms with Crippen molar-refractivity contribution < 1.29 is 28.9 Å². The molecular weight excluding hydrogens is 494 g/mol. The van der Waals surface area contributed by atoms with Crippen LogP contribution in [0.3, 0.4) is 0 Å². The monoisotopic (exact) mass is 529 g/mol. The number of hydrogen-bond acceptors (Lipinski definition) is 6. The minimum Gasteiger partial charge on any atom is -0.507 e. The first-order valence-electron chi connectivity index (χ1n) is 13.2. The molecule has 0 spiro atoms. The maximum atomic E-state index is 13.4. The van der Waals surface area contributed by atoms with Crippen molar-refractivity contribution >= 4 is 17.4 Å². The number of carbonyl (C=O) groups excluding carboxylic acids is 2. The second-order valence-electron chi connectivity index (χ2n) is 9.67. The molecule has 4 rings (SSSR count). The zero-order valence-corrected chi connectivity index (χ0v) is 22.8. The number of aliphatic hydroxyl groups is 1. The number of ether oxygens (including phenoxy) is 3. The number of methoxy groups -OCH3 is 1. The Labute approximate surface area is 229 Å². The van der Waals surface area contributed by atoms with Crippen molar-refractivity contribution in [2.75, 3.05) is 26.9 Å². The average Bonchev–Trinajstić information content (AvgIpc) is 3.20. The third kappa shape index (κ3) is 6.15. The Bertz CT molecular complexity index is 1350. The molecular formula is C32H35NO6. The summed E-state index contributed by atoms with van der Waals surface area (Å²) in [4.78, 5) is 28.0. The van der Waals surface area contributed by atoms with E-state index >= 15 is 0 Å². The Balaban J connectivity index is 1.77. The highest BCUT2D eigenvalue weighted by atomic mass is 16.5. The van der Waals surface area contributed by atoms with Crippen molar-refractivity contribution in [2.45, 2.75) is 39.3 Å². The Hall–Kier alpha value is -4.10. The van der Waals surface area contributed by atoms with Crippen LogP contribution in [0.25, 0.3) is 5.76 Å². The first kappa shape index (κ1) is 27.9. The second kappa shape index (κ2) is 12.6. The molecule has 1 saturated heterocycles. The molecule has 1 heterocycles. The molecule has 1 N–H and O–H groups in total. The van der Waals surface area contributed by atoms with Gasteiger partial charge in [0.2, 0.25) is 0 Å².